The first-order chi connectivity index (χ1) is 6.29. The summed E-state index contributed by atoms with van der Waals surface area (Å²) in [7, 11) is 0. The molecule has 1 aromatic rings. The van der Waals surface area contributed by atoms with Crippen LogP contribution >= 0.6 is 12.2 Å². The second-order valence-electron chi connectivity index (χ2n) is 2.96. The van der Waals surface area contributed by atoms with E-state index < -0.39 is 0 Å². The standard InChI is InChI=1S/C9H11N3S/c10-12-7-6-11(9(12)13)8-4-2-1-3-5-8/h1-5H,6-7,10H2. The van der Waals surface area contributed by atoms with Crippen LogP contribution in [0.3, 0.4) is 0 Å². The monoisotopic (exact) mass is 193 g/mol. The van der Waals surface area contributed by atoms with Crippen LogP contribution in [-0.2, 0) is 0 Å². The Balaban J connectivity index is 2.24. The number of hydrogen-bond acceptors (Lipinski definition) is 2. The summed E-state index contributed by atoms with van der Waals surface area (Å²) in [5.74, 6) is 5.66. The molecular weight excluding hydrogens is 182 g/mol. The minimum absolute atomic E-state index is 0.700. The van der Waals surface area contributed by atoms with Crippen molar-refractivity contribution in [3.05, 3.63) is 30.3 Å². The van der Waals surface area contributed by atoms with E-state index in [0.717, 1.165) is 18.8 Å². The van der Waals surface area contributed by atoms with Crippen molar-refractivity contribution in [1.29, 1.82) is 0 Å². The molecule has 0 amide bonds. The average Bonchev–Trinajstić information content (AvgIpc) is 2.49. The molecule has 0 radical (unpaired) electrons. The van der Waals surface area contributed by atoms with Crippen LogP contribution in [0.4, 0.5) is 5.69 Å². The van der Waals surface area contributed by atoms with E-state index in [1.807, 2.05) is 35.2 Å². The van der Waals surface area contributed by atoms with Crippen LogP contribution in [0.1, 0.15) is 0 Å². The van der Waals surface area contributed by atoms with E-state index in [1.165, 1.54) is 0 Å². The third kappa shape index (κ3) is 1.50. The van der Waals surface area contributed by atoms with Gasteiger partial charge in [0.25, 0.3) is 0 Å². The fourth-order valence-electron chi connectivity index (χ4n) is 1.40. The molecule has 0 atom stereocenters. The number of thiocarbonyl (C=S) groups is 1. The van der Waals surface area contributed by atoms with Crippen molar-refractivity contribution in [2.24, 2.45) is 5.84 Å². The lowest BCUT2D eigenvalue weighted by Gasteiger charge is -2.18. The minimum Gasteiger partial charge on any atom is -0.316 e. The van der Waals surface area contributed by atoms with Gasteiger partial charge in [0.1, 0.15) is 0 Å². The summed E-state index contributed by atoms with van der Waals surface area (Å²) in [6.45, 7) is 1.67. The molecule has 1 aromatic carbocycles. The van der Waals surface area contributed by atoms with E-state index in [9.17, 15) is 0 Å². The summed E-state index contributed by atoms with van der Waals surface area (Å²) in [6, 6.07) is 10.0. The van der Waals surface area contributed by atoms with Gasteiger partial charge in [-0.2, -0.15) is 0 Å². The molecule has 1 aliphatic heterocycles. The fourth-order valence-corrected chi connectivity index (χ4v) is 1.69. The highest BCUT2D eigenvalue weighted by atomic mass is 32.1. The SMILES string of the molecule is NN1CCN(c2ccccc2)C1=S. The van der Waals surface area contributed by atoms with Gasteiger partial charge >= 0.3 is 0 Å². The van der Waals surface area contributed by atoms with Crippen molar-refractivity contribution >= 4 is 23.0 Å². The predicted octanol–water partition coefficient (Wildman–Crippen LogP) is 0.967. The van der Waals surface area contributed by atoms with E-state index in [2.05, 4.69) is 0 Å². The van der Waals surface area contributed by atoms with Crippen LogP contribution in [0.5, 0.6) is 0 Å². The Kier molecular flexibility index (Phi) is 2.16. The van der Waals surface area contributed by atoms with Crippen molar-refractivity contribution in [1.82, 2.24) is 5.01 Å². The zero-order valence-electron chi connectivity index (χ0n) is 7.18. The van der Waals surface area contributed by atoms with Crippen molar-refractivity contribution in [3.8, 4) is 0 Å². The lowest BCUT2D eigenvalue weighted by atomic mass is 10.3. The van der Waals surface area contributed by atoms with Crippen molar-refractivity contribution in [2.45, 2.75) is 0 Å². The number of benzene rings is 1. The number of rotatable bonds is 1. The first-order valence-corrected chi connectivity index (χ1v) is 4.58. The van der Waals surface area contributed by atoms with E-state index in [0.29, 0.717) is 5.11 Å². The molecule has 0 spiro atoms. The molecular formula is C9H11N3S. The Hall–Kier alpha value is -1.13. The van der Waals surface area contributed by atoms with Gasteiger partial charge in [-0.3, -0.25) is 5.01 Å². The van der Waals surface area contributed by atoms with E-state index >= 15 is 0 Å². The van der Waals surface area contributed by atoms with Crippen molar-refractivity contribution in [2.75, 3.05) is 18.0 Å². The van der Waals surface area contributed by atoms with Crippen LogP contribution < -0.4 is 10.7 Å². The van der Waals surface area contributed by atoms with Crippen molar-refractivity contribution in [3.63, 3.8) is 0 Å². The number of nitrogens with zero attached hydrogens (tertiary/aromatic N) is 2. The molecule has 0 aromatic heterocycles. The Labute approximate surface area is 82.7 Å². The van der Waals surface area contributed by atoms with Gasteiger partial charge < -0.3 is 4.90 Å². The zero-order valence-corrected chi connectivity index (χ0v) is 8.00. The number of anilines is 1. The second-order valence-corrected chi connectivity index (χ2v) is 3.33. The molecule has 0 unspecified atom stereocenters. The quantitative estimate of drug-likeness (QED) is 0.532. The van der Waals surface area contributed by atoms with E-state index in [-0.39, 0.29) is 0 Å². The summed E-state index contributed by atoms with van der Waals surface area (Å²) in [4.78, 5) is 2.04. The van der Waals surface area contributed by atoms with Crippen LogP contribution in [0.15, 0.2) is 30.3 Å². The molecule has 68 valence electrons. The molecule has 0 saturated carbocycles. The van der Waals surface area contributed by atoms with Gasteiger partial charge in [0.2, 0.25) is 0 Å². The van der Waals surface area contributed by atoms with Crippen LogP contribution in [-0.4, -0.2) is 23.2 Å². The summed E-state index contributed by atoms with van der Waals surface area (Å²) < 4.78 is 0. The molecule has 0 bridgehead atoms. The lowest BCUT2D eigenvalue weighted by Crippen LogP contribution is -2.36. The highest BCUT2D eigenvalue weighted by molar-refractivity contribution is 7.80. The molecule has 1 aliphatic rings. The highest BCUT2D eigenvalue weighted by Crippen LogP contribution is 2.17. The summed E-state index contributed by atoms with van der Waals surface area (Å²) in [5.41, 5.74) is 1.11. The van der Waals surface area contributed by atoms with Crippen LogP contribution in [0, 0.1) is 0 Å². The number of para-hydroxylation sites is 1. The maximum absolute atomic E-state index is 5.66. The Morgan fingerprint density at radius 1 is 1.15 bits per heavy atom. The fraction of sp³-hybridized carbons (Fsp3) is 0.222. The smallest absolute Gasteiger partial charge is 0.190 e. The third-order valence-electron chi connectivity index (χ3n) is 2.11. The summed E-state index contributed by atoms with van der Waals surface area (Å²) in [5, 5.41) is 2.30. The topological polar surface area (TPSA) is 32.5 Å². The molecule has 3 nitrogen and oxygen atoms in total. The van der Waals surface area contributed by atoms with Crippen LogP contribution in [0.25, 0.3) is 0 Å². The maximum Gasteiger partial charge on any atom is 0.190 e. The Morgan fingerprint density at radius 2 is 1.85 bits per heavy atom. The molecule has 2 N–H and O–H groups in total. The second kappa shape index (κ2) is 3.32. The zero-order chi connectivity index (χ0) is 9.26. The van der Waals surface area contributed by atoms with Gasteiger partial charge in [0, 0.05) is 12.2 Å². The van der Waals surface area contributed by atoms with Crippen LogP contribution in [0.2, 0.25) is 0 Å². The molecule has 13 heavy (non-hydrogen) atoms. The molecule has 4 heteroatoms. The van der Waals surface area contributed by atoms with E-state index in [1.54, 1.807) is 5.01 Å². The van der Waals surface area contributed by atoms with Gasteiger partial charge in [-0.05, 0) is 24.4 Å². The maximum atomic E-state index is 5.66. The third-order valence-corrected chi connectivity index (χ3v) is 2.56. The highest BCUT2D eigenvalue weighted by Gasteiger charge is 2.22. The first kappa shape index (κ1) is 8.47. The first-order valence-electron chi connectivity index (χ1n) is 4.18. The number of nitrogens with two attached hydrogens (primary N) is 1. The van der Waals surface area contributed by atoms with Gasteiger partial charge in [-0.15, -0.1) is 0 Å². The summed E-state index contributed by atoms with van der Waals surface area (Å²) >= 11 is 5.17. The van der Waals surface area contributed by atoms with Crippen molar-refractivity contribution < 1.29 is 0 Å². The van der Waals surface area contributed by atoms with Gasteiger partial charge in [-0.1, -0.05) is 18.2 Å². The summed E-state index contributed by atoms with van der Waals surface area (Å²) in [6.07, 6.45) is 0. The molecule has 1 fully saturated rings. The largest absolute Gasteiger partial charge is 0.316 e. The van der Waals surface area contributed by atoms with Gasteiger partial charge in [0.15, 0.2) is 5.11 Å². The molecule has 0 aliphatic carbocycles. The Morgan fingerprint density at radius 3 is 2.38 bits per heavy atom. The van der Waals surface area contributed by atoms with E-state index in [4.69, 9.17) is 18.1 Å². The molecule has 1 saturated heterocycles. The normalized spacial score (nSPS) is 16.8. The van der Waals surface area contributed by atoms with Gasteiger partial charge in [-0.25, -0.2) is 5.84 Å². The molecule has 2 rings (SSSR count). The lowest BCUT2D eigenvalue weighted by molar-refractivity contribution is 0.497. The van der Waals surface area contributed by atoms with Gasteiger partial charge in [0.05, 0.1) is 6.54 Å². The number of hydrogen-bond donors (Lipinski definition) is 1. The predicted molar refractivity (Wildman–Crippen MR) is 57.3 cm³/mol. The average molecular weight is 193 g/mol. The Bertz CT molecular complexity index is 312. The minimum atomic E-state index is 0.700. The molecule has 1 heterocycles. The number of hydrazine groups is 1.